The number of amides is 1. The average molecular weight is 326 g/mol. The van der Waals surface area contributed by atoms with Gasteiger partial charge in [-0.25, -0.2) is 0 Å². The number of piperidine rings is 1. The van der Waals surface area contributed by atoms with E-state index in [9.17, 15) is 4.79 Å². The molecular formula is C21H30N2O. The first kappa shape index (κ1) is 17.2. The smallest absolute Gasteiger partial charge is 0.219 e. The number of carbonyl (C=O) groups is 1. The highest BCUT2D eigenvalue weighted by Crippen LogP contribution is 2.26. The van der Waals surface area contributed by atoms with Crippen molar-refractivity contribution < 1.29 is 4.79 Å². The van der Waals surface area contributed by atoms with Crippen LogP contribution in [-0.4, -0.2) is 47.9 Å². The molecule has 0 aromatic heterocycles. The maximum atomic E-state index is 11.9. The lowest BCUT2D eigenvalue weighted by Crippen LogP contribution is -2.46. The molecule has 1 amide bonds. The lowest BCUT2D eigenvalue weighted by atomic mass is 9.92. The zero-order chi connectivity index (χ0) is 16.8. The number of rotatable bonds is 5. The number of carbonyl (C=O) groups excluding carboxylic acids is 1. The molecule has 1 atom stereocenters. The molecule has 2 aliphatic heterocycles. The Balaban J connectivity index is 1.52. The number of nitrogens with zero attached hydrogens (tertiary/aromatic N) is 2. The Morgan fingerprint density at radius 1 is 1.17 bits per heavy atom. The van der Waals surface area contributed by atoms with Crippen molar-refractivity contribution in [3.05, 3.63) is 47.5 Å². The lowest BCUT2D eigenvalue weighted by molar-refractivity contribution is -0.131. The van der Waals surface area contributed by atoms with Crippen molar-refractivity contribution in [1.29, 1.82) is 0 Å². The van der Waals surface area contributed by atoms with Gasteiger partial charge in [-0.3, -0.25) is 9.69 Å². The molecule has 1 unspecified atom stereocenters. The Bertz CT molecular complexity index is 566. The van der Waals surface area contributed by atoms with Crippen molar-refractivity contribution in [1.82, 2.24) is 9.80 Å². The summed E-state index contributed by atoms with van der Waals surface area (Å²) in [5.41, 5.74) is 2.91. The number of aryl methyl sites for hydroxylation is 1. The fraction of sp³-hybridized carbons (Fsp3) is 0.571. The number of likely N-dealkylation sites (tertiary alicyclic amines) is 1. The molecule has 24 heavy (non-hydrogen) atoms. The number of hydrogen-bond donors (Lipinski definition) is 0. The van der Waals surface area contributed by atoms with E-state index in [2.05, 4.69) is 46.2 Å². The second kappa shape index (κ2) is 8.48. The summed E-state index contributed by atoms with van der Waals surface area (Å²) in [6.45, 7) is 6.01. The molecule has 130 valence electrons. The Morgan fingerprint density at radius 2 is 2.00 bits per heavy atom. The maximum absolute atomic E-state index is 11.9. The molecule has 0 radical (unpaired) electrons. The van der Waals surface area contributed by atoms with Crippen LogP contribution in [0, 0.1) is 0 Å². The number of benzene rings is 1. The summed E-state index contributed by atoms with van der Waals surface area (Å²) in [4.78, 5) is 16.6. The van der Waals surface area contributed by atoms with Crippen molar-refractivity contribution in [3.63, 3.8) is 0 Å². The highest BCUT2D eigenvalue weighted by Gasteiger charge is 2.29. The minimum Gasteiger partial charge on any atom is -0.336 e. The molecular weight excluding hydrogens is 296 g/mol. The van der Waals surface area contributed by atoms with E-state index in [0.717, 1.165) is 51.9 Å². The van der Waals surface area contributed by atoms with E-state index in [4.69, 9.17) is 0 Å². The van der Waals surface area contributed by atoms with Crippen LogP contribution in [0.3, 0.4) is 0 Å². The fourth-order valence-electron chi connectivity index (χ4n) is 4.11. The third-order valence-electron chi connectivity index (χ3n) is 5.38. The molecule has 0 N–H and O–H groups in total. The van der Waals surface area contributed by atoms with Gasteiger partial charge in [0, 0.05) is 26.6 Å². The molecule has 3 rings (SSSR count). The predicted molar refractivity (Wildman–Crippen MR) is 98.9 cm³/mol. The maximum Gasteiger partial charge on any atom is 0.219 e. The van der Waals surface area contributed by atoms with Gasteiger partial charge in [0.2, 0.25) is 5.91 Å². The van der Waals surface area contributed by atoms with Crippen molar-refractivity contribution in [2.75, 3.05) is 26.2 Å². The highest BCUT2D eigenvalue weighted by molar-refractivity contribution is 5.74. The quantitative estimate of drug-likeness (QED) is 0.771. The summed E-state index contributed by atoms with van der Waals surface area (Å²) in [5, 5.41) is 0. The molecule has 1 fully saturated rings. The molecule has 1 saturated heterocycles. The molecule has 0 aliphatic carbocycles. The number of hydrogen-bond acceptors (Lipinski definition) is 2. The van der Waals surface area contributed by atoms with E-state index >= 15 is 0 Å². The van der Waals surface area contributed by atoms with E-state index in [0.29, 0.717) is 6.04 Å². The zero-order valence-electron chi connectivity index (χ0n) is 14.9. The summed E-state index contributed by atoms with van der Waals surface area (Å²) < 4.78 is 0. The molecule has 0 spiro atoms. The van der Waals surface area contributed by atoms with Gasteiger partial charge >= 0.3 is 0 Å². The topological polar surface area (TPSA) is 23.6 Å². The fourth-order valence-corrected chi connectivity index (χ4v) is 4.11. The summed E-state index contributed by atoms with van der Waals surface area (Å²) in [6.07, 6.45) is 9.44. The Hall–Kier alpha value is -1.61. The van der Waals surface area contributed by atoms with Crippen LogP contribution in [0.1, 0.15) is 44.6 Å². The second-order valence-electron chi connectivity index (χ2n) is 7.16. The lowest BCUT2D eigenvalue weighted by Gasteiger charge is -2.40. The van der Waals surface area contributed by atoms with E-state index < -0.39 is 0 Å². The van der Waals surface area contributed by atoms with Crippen molar-refractivity contribution in [3.8, 4) is 0 Å². The van der Waals surface area contributed by atoms with Crippen LogP contribution in [0.4, 0.5) is 0 Å². The van der Waals surface area contributed by atoms with E-state index in [1.807, 2.05) is 0 Å². The molecule has 0 saturated carbocycles. The van der Waals surface area contributed by atoms with Gasteiger partial charge < -0.3 is 4.90 Å². The third-order valence-corrected chi connectivity index (χ3v) is 5.38. The van der Waals surface area contributed by atoms with Crippen LogP contribution < -0.4 is 0 Å². The molecule has 0 bridgehead atoms. The summed E-state index contributed by atoms with van der Waals surface area (Å²) >= 11 is 0. The molecule has 3 nitrogen and oxygen atoms in total. The highest BCUT2D eigenvalue weighted by atomic mass is 16.2. The predicted octanol–water partition coefficient (Wildman–Crippen LogP) is 3.65. The molecule has 2 aliphatic rings. The Kier molecular flexibility index (Phi) is 6.08. The zero-order valence-corrected chi connectivity index (χ0v) is 14.9. The van der Waals surface area contributed by atoms with Gasteiger partial charge in [0.05, 0.1) is 6.04 Å². The van der Waals surface area contributed by atoms with Crippen molar-refractivity contribution in [2.45, 2.75) is 51.5 Å². The molecule has 1 aromatic carbocycles. The molecule has 1 aromatic rings. The van der Waals surface area contributed by atoms with Crippen molar-refractivity contribution in [2.24, 2.45) is 0 Å². The standard InChI is InChI=1S/C21H30N2O/c1-18(24)23-16-6-5-13-21(23)20-12-8-15-22(17-20)14-7-11-19-9-3-2-4-10-19/h2-4,9-10,12,21H,5-8,11,13-17H2,1H3. The van der Waals surface area contributed by atoms with Crippen LogP contribution in [-0.2, 0) is 11.2 Å². The minimum atomic E-state index is 0.238. The first-order valence-electron chi connectivity index (χ1n) is 9.46. The first-order chi connectivity index (χ1) is 11.7. The summed E-state index contributed by atoms with van der Waals surface area (Å²) in [7, 11) is 0. The average Bonchev–Trinajstić information content (AvgIpc) is 2.63. The van der Waals surface area contributed by atoms with Gasteiger partial charge in [-0.1, -0.05) is 36.4 Å². The van der Waals surface area contributed by atoms with E-state index in [1.165, 1.54) is 24.0 Å². The van der Waals surface area contributed by atoms with Gasteiger partial charge in [0.25, 0.3) is 0 Å². The monoisotopic (exact) mass is 326 g/mol. The van der Waals surface area contributed by atoms with E-state index in [-0.39, 0.29) is 5.91 Å². The van der Waals surface area contributed by atoms with Crippen molar-refractivity contribution >= 4 is 5.91 Å². The molecule has 3 heteroatoms. The molecule has 2 heterocycles. The first-order valence-corrected chi connectivity index (χ1v) is 9.46. The summed E-state index contributed by atoms with van der Waals surface area (Å²) in [6, 6.07) is 11.1. The van der Waals surface area contributed by atoms with Gasteiger partial charge in [-0.05, 0) is 56.2 Å². The van der Waals surface area contributed by atoms with Crippen LogP contribution in [0.2, 0.25) is 0 Å². The SMILES string of the molecule is CC(=O)N1CCCCC1C1=CCCN(CCCc2ccccc2)C1. The van der Waals surface area contributed by atoms with E-state index in [1.54, 1.807) is 6.92 Å². The van der Waals surface area contributed by atoms with Gasteiger partial charge in [0.15, 0.2) is 0 Å². The van der Waals surface area contributed by atoms with Crippen LogP contribution in [0.15, 0.2) is 42.0 Å². The Morgan fingerprint density at radius 3 is 2.79 bits per heavy atom. The summed E-state index contributed by atoms with van der Waals surface area (Å²) in [5.74, 6) is 0.238. The largest absolute Gasteiger partial charge is 0.336 e. The second-order valence-corrected chi connectivity index (χ2v) is 7.16. The van der Waals surface area contributed by atoms with Gasteiger partial charge in [-0.2, -0.15) is 0 Å². The normalized spacial score (nSPS) is 22.3. The van der Waals surface area contributed by atoms with Crippen LogP contribution in [0.25, 0.3) is 0 Å². The van der Waals surface area contributed by atoms with Crippen LogP contribution >= 0.6 is 0 Å². The van der Waals surface area contributed by atoms with Crippen LogP contribution in [0.5, 0.6) is 0 Å². The minimum absolute atomic E-state index is 0.238. The van der Waals surface area contributed by atoms with Gasteiger partial charge in [-0.15, -0.1) is 0 Å². The van der Waals surface area contributed by atoms with Gasteiger partial charge in [0.1, 0.15) is 0 Å². The Labute approximate surface area is 146 Å². The third kappa shape index (κ3) is 4.47.